The molecule has 0 spiro atoms. The van der Waals surface area contributed by atoms with Crippen LogP contribution in [0.25, 0.3) is 0 Å². The predicted molar refractivity (Wildman–Crippen MR) is 46.4 cm³/mol. The van der Waals surface area contributed by atoms with Gasteiger partial charge in [0.1, 0.15) is 0 Å². The number of carbonyl (C=O) groups is 1. The highest BCUT2D eigenvalue weighted by atomic mass is 16.7. The van der Waals surface area contributed by atoms with Crippen molar-refractivity contribution in [3.63, 3.8) is 0 Å². The van der Waals surface area contributed by atoms with E-state index in [4.69, 9.17) is 4.84 Å². The second kappa shape index (κ2) is 3.44. The summed E-state index contributed by atoms with van der Waals surface area (Å²) in [6.45, 7) is 7.37. The Balaban J connectivity index is 2.56. The van der Waals surface area contributed by atoms with Gasteiger partial charge in [-0.1, -0.05) is 20.8 Å². The van der Waals surface area contributed by atoms with Gasteiger partial charge in [-0.3, -0.25) is 9.63 Å². The first kappa shape index (κ1) is 9.52. The van der Waals surface area contributed by atoms with Crippen LogP contribution in [-0.2, 0) is 9.63 Å². The first-order chi connectivity index (χ1) is 5.58. The fourth-order valence-corrected chi connectivity index (χ4v) is 1.10. The van der Waals surface area contributed by atoms with Crippen LogP contribution >= 0.6 is 0 Å². The fraction of sp³-hybridized carbons (Fsp3) is 0.889. The molecular weight excluding hydrogens is 154 g/mol. The van der Waals surface area contributed by atoms with Crippen molar-refractivity contribution in [2.45, 2.75) is 33.6 Å². The van der Waals surface area contributed by atoms with Gasteiger partial charge in [0.2, 0.25) is 0 Å². The highest BCUT2D eigenvalue weighted by Gasteiger charge is 2.32. The highest BCUT2D eigenvalue weighted by molar-refractivity contribution is 5.81. The van der Waals surface area contributed by atoms with Crippen LogP contribution in [0.3, 0.4) is 0 Å². The van der Waals surface area contributed by atoms with Gasteiger partial charge in [-0.15, -0.1) is 0 Å². The molecule has 70 valence electrons. The summed E-state index contributed by atoms with van der Waals surface area (Å²) in [6.07, 6.45) is 1.82. The summed E-state index contributed by atoms with van der Waals surface area (Å²) in [7, 11) is 0. The number of carbonyl (C=O) groups excluding carboxylic acids is 1. The van der Waals surface area contributed by atoms with Crippen molar-refractivity contribution >= 4 is 5.91 Å². The summed E-state index contributed by atoms with van der Waals surface area (Å²) in [5.41, 5.74) is -0.273. The van der Waals surface area contributed by atoms with E-state index in [9.17, 15) is 4.79 Å². The van der Waals surface area contributed by atoms with Crippen LogP contribution in [0.5, 0.6) is 0 Å². The van der Waals surface area contributed by atoms with Gasteiger partial charge in [0.15, 0.2) is 0 Å². The predicted octanol–water partition coefficient (Wildman–Crippen LogP) is 1.59. The van der Waals surface area contributed by atoms with E-state index in [2.05, 4.69) is 0 Å². The lowest BCUT2D eigenvalue weighted by atomic mass is 9.89. The van der Waals surface area contributed by atoms with Crippen molar-refractivity contribution in [3.05, 3.63) is 0 Å². The van der Waals surface area contributed by atoms with Gasteiger partial charge in [-0.05, 0) is 12.8 Å². The molecule has 0 N–H and O–H groups in total. The van der Waals surface area contributed by atoms with E-state index in [1.165, 1.54) is 5.06 Å². The van der Waals surface area contributed by atoms with Crippen LogP contribution in [0.15, 0.2) is 0 Å². The minimum absolute atomic E-state index is 0.113. The molecule has 0 atom stereocenters. The molecule has 0 aliphatic carbocycles. The Morgan fingerprint density at radius 1 is 1.58 bits per heavy atom. The number of hydroxylamine groups is 2. The van der Waals surface area contributed by atoms with Crippen LogP contribution in [-0.4, -0.2) is 24.1 Å². The van der Waals surface area contributed by atoms with Crippen molar-refractivity contribution in [1.29, 1.82) is 0 Å². The quantitative estimate of drug-likeness (QED) is 0.631. The fourth-order valence-electron chi connectivity index (χ4n) is 1.10. The molecule has 1 aliphatic heterocycles. The summed E-state index contributed by atoms with van der Waals surface area (Å²) in [5, 5.41) is 1.50. The first-order valence-corrected chi connectivity index (χ1v) is 4.53. The van der Waals surface area contributed by atoms with Crippen LogP contribution < -0.4 is 0 Å². The summed E-state index contributed by atoms with van der Waals surface area (Å²) in [4.78, 5) is 16.9. The second-order valence-electron chi connectivity index (χ2n) is 3.83. The Hall–Kier alpha value is -0.570. The highest BCUT2D eigenvalue weighted by Crippen LogP contribution is 2.24. The Kier molecular flexibility index (Phi) is 2.73. The topological polar surface area (TPSA) is 29.5 Å². The Morgan fingerprint density at radius 2 is 2.25 bits per heavy atom. The number of hydrogen-bond acceptors (Lipinski definition) is 2. The van der Waals surface area contributed by atoms with E-state index in [1.807, 2.05) is 20.8 Å². The second-order valence-corrected chi connectivity index (χ2v) is 3.83. The molecule has 1 amide bonds. The summed E-state index contributed by atoms with van der Waals surface area (Å²) in [6, 6.07) is 0. The monoisotopic (exact) mass is 171 g/mol. The molecule has 0 bridgehead atoms. The molecule has 0 saturated carbocycles. The standard InChI is InChI=1S/C9H17NO2/c1-4-9(2,3)8(11)10-6-5-7-12-10/h4-7H2,1-3H3. The van der Waals surface area contributed by atoms with Gasteiger partial charge in [0, 0.05) is 5.41 Å². The lowest BCUT2D eigenvalue weighted by Gasteiger charge is -2.26. The molecule has 1 aliphatic rings. The molecule has 12 heavy (non-hydrogen) atoms. The Bertz CT molecular complexity index is 171. The zero-order valence-corrected chi connectivity index (χ0v) is 8.09. The van der Waals surface area contributed by atoms with Crippen LogP contribution in [0.2, 0.25) is 0 Å². The molecule has 3 heteroatoms. The van der Waals surface area contributed by atoms with E-state index in [1.54, 1.807) is 0 Å². The minimum atomic E-state index is -0.273. The minimum Gasteiger partial charge on any atom is -0.272 e. The lowest BCUT2D eigenvalue weighted by Crippen LogP contribution is -2.38. The van der Waals surface area contributed by atoms with Gasteiger partial charge in [-0.25, -0.2) is 5.06 Å². The molecule has 3 nitrogen and oxygen atoms in total. The van der Waals surface area contributed by atoms with E-state index >= 15 is 0 Å². The SMILES string of the molecule is CCC(C)(C)C(=O)N1CCCO1. The van der Waals surface area contributed by atoms with E-state index in [0.717, 1.165) is 19.4 Å². The normalized spacial score (nSPS) is 18.4. The number of nitrogens with zero attached hydrogens (tertiary/aromatic N) is 1. The van der Waals surface area contributed by atoms with E-state index < -0.39 is 0 Å². The number of amides is 1. The molecule has 0 radical (unpaired) electrons. The smallest absolute Gasteiger partial charge is 0.251 e. The van der Waals surface area contributed by atoms with Gasteiger partial charge in [0.05, 0.1) is 13.2 Å². The van der Waals surface area contributed by atoms with Crippen molar-refractivity contribution in [1.82, 2.24) is 5.06 Å². The molecule has 0 aromatic heterocycles. The molecule has 1 rings (SSSR count). The van der Waals surface area contributed by atoms with Gasteiger partial charge < -0.3 is 0 Å². The van der Waals surface area contributed by atoms with Gasteiger partial charge in [0.25, 0.3) is 5.91 Å². The van der Waals surface area contributed by atoms with Gasteiger partial charge in [-0.2, -0.15) is 0 Å². The average Bonchev–Trinajstić information content (AvgIpc) is 2.55. The maximum absolute atomic E-state index is 11.7. The lowest BCUT2D eigenvalue weighted by molar-refractivity contribution is -0.178. The summed E-state index contributed by atoms with van der Waals surface area (Å²) in [5.74, 6) is 0.113. The molecule has 0 aromatic carbocycles. The largest absolute Gasteiger partial charge is 0.272 e. The van der Waals surface area contributed by atoms with Crippen molar-refractivity contribution in [3.8, 4) is 0 Å². The first-order valence-electron chi connectivity index (χ1n) is 4.53. The van der Waals surface area contributed by atoms with E-state index in [-0.39, 0.29) is 11.3 Å². The molecule has 1 saturated heterocycles. The van der Waals surface area contributed by atoms with Crippen molar-refractivity contribution < 1.29 is 9.63 Å². The molecule has 1 heterocycles. The maximum atomic E-state index is 11.7. The number of hydrogen-bond donors (Lipinski definition) is 0. The van der Waals surface area contributed by atoms with Crippen molar-refractivity contribution in [2.24, 2.45) is 5.41 Å². The Labute approximate surface area is 73.6 Å². The molecule has 1 fully saturated rings. The summed E-state index contributed by atoms with van der Waals surface area (Å²) >= 11 is 0. The number of rotatable bonds is 2. The van der Waals surface area contributed by atoms with Gasteiger partial charge >= 0.3 is 0 Å². The van der Waals surface area contributed by atoms with E-state index in [0.29, 0.717) is 6.61 Å². The van der Waals surface area contributed by atoms with Crippen LogP contribution in [0, 0.1) is 5.41 Å². The maximum Gasteiger partial charge on any atom is 0.251 e. The zero-order valence-electron chi connectivity index (χ0n) is 8.09. The average molecular weight is 171 g/mol. The Morgan fingerprint density at radius 3 is 2.67 bits per heavy atom. The molecular formula is C9H17NO2. The third-order valence-electron chi connectivity index (χ3n) is 2.44. The van der Waals surface area contributed by atoms with Crippen molar-refractivity contribution in [2.75, 3.05) is 13.2 Å². The van der Waals surface area contributed by atoms with Crippen LogP contribution in [0.4, 0.5) is 0 Å². The zero-order chi connectivity index (χ0) is 9.19. The van der Waals surface area contributed by atoms with Crippen LogP contribution in [0.1, 0.15) is 33.6 Å². The molecule has 0 unspecified atom stereocenters. The molecule has 0 aromatic rings. The summed E-state index contributed by atoms with van der Waals surface area (Å²) < 4.78 is 0. The third kappa shape index (κ3) is 1.78. The third-order valence-corrected chi connectivity index (χ3v) is 2.44.